The summed E-state index contributed by atoms with van der Waals surface area (Å²) in [6, 6.07) is 0. The first-order valence-corrected chi connectivity index (χ1v) is 7.94. The van der Waals surface area contributed by atoms with Crippen LogP contribution < -0.4 is 10.6 Å². The number of hydrogen-bond donors (Lipinski definition) is 2. The first-order valence-electron chi connectivity index (χ1n) is 7.94. The van der Waals surface area contributed by atoms with E-state index in [1.807, 2.05) is 6.92 Å². The van der Waals surface area contributed by atoms with Crippen molar-refractivity contribution < 1.29 is 14.3 Å². The van der Waals surface area contributed by atoms with Crippen molar-refractivity contribution in [3.8, 4) is 0 Å². The Balaban J connectivity index is 0.00000441. The Morgan fingerprint density at radius 3 is 2.50 bits per heavy atom. The van der Waals surface area contributed by atoms with Gasteiger partial charge >= 0.3 is 5.97 Å². The molecule has 0 saturated heterocycles. The molecule has 0 amide bonds. The van der Waals surface area contributed by atoms with E-state index in [-0.39, 0.29) is 29.9 Å². The van der Waals surface area contributed by atoms with Crippen LogP contribution >= 0.6 is 24.0 Å². The fraction of sp³-hybridized carbons (Fsp3) is 0.867. The smallest absolute Gasteiger partial charge is 0.305 e. The number of ether oxygens (including phenoxy) is 2. The summed E-state index contributed by atoms with van der Waals surface area (Å²) in [5.74, 6) is 1.45. The van der Waals surface area contributed by atoms with Gasteiger partial charge in [-0.2, -0.15) is 0 Å². The van der Waals surface area contributed by atoms with Gasteiger partial charge in [-0.1, -0.05) is 0 Å². The Kier molecular flexibility index (Phi) is 13.7. The number of rotatable bonds is 11. The third kappa shape index (κ3) is 12.0. The molecular weight excluding hydrogens is 397 g/mol. The number of guanidine groups is 1. The van der Waals surface area contributed by atoms with Crippen LogP contribution in [0.3, 0.4) is 0 Å². The van der Waals surface area contributed by atoms with Gasteiger partial charge in [-0.15, -0.1) is 24.0 Å². The molecule has 2 N–H and O–H groups in total. The van der Waals surface area contributed by atoms with Crippen molar-refractivity contribution in [1.29, 1.82) is 0 Å². The van der Waals surface area contributed by atoms with E-state index < -0.39 is 0 Å². The van der Waals surface area contributed by atoms with Crippen LogP contribution in [0, 0.1) is 5.92 Å². The highest BCUT2D eigenvalue weighted by Crippen LogP contribution is 2.28. The molecule has 0 atom stereocenters. The van der Waals surface area contributed by atoms with Gasteiger partial charge in [-0.05, 0) is 38.5 Å². The van der Waals surface area contributed by atoms with Gasteiger partial charge in [0.15, 0.2) is 5.96 Å². The number of halogens is 1. The van der Waals surface area contributed by atoms with Crippen molar-refractivity contribution in [2.75, 3.05) is 40.0 Å². The first kappa shape index (κ1) is 21.4. The fourth-order valence-electron chi connectivity index (χ4n) is 1.81. The molecule has 22 heavy (non-hydrogen) atoms. The maximum Gasteiger partial charge on any atom is 0.305 e. The Morgan fingerprint density at radius 2 is 1.91 bits per heavy atom. The van der Waals surface area contributed by atoms with E-state index in [0.717, 1.165) is 44.5 Å². The van der Waals surface area contributed by atoms with Crippen molar-refractivity contribution in [2.45, 2.75) is 39.0 Å². The molecule has 0 aromatic carbocycles. The molecule has 0 heterocycles. The van der Waals surface area contributed by atoms with Crippen LogP contribution in [0.4, 0.5) is 0 Å². The number of hydrogen-bond acceptors (Lipinski definition) is 4. The van der Waals surface area contributed by atoms with E-state index in [9.17, 15) is 4.79 Å². The molecule has 0 radical (unpaired) electrons. The predicted octanol–water partition coefficient (Wildman–Crippen LogP) is 1.93. The van der Waals surface area contributed by atoms with Crippen molar-refractivity contribution in [3.05, 3.63) is 0 Å². The molecule has 7 heteroatoms. The van der Waals surface area contributed by atoms with Crippen LogP contribution in [0.5, 0.6) is 0 Å². The zero-order chi connectivity index (χ0) is 15.3. The monoisotopic (exact) mass is 427 g/mol. The fourth-order valence-corrected chi connectivity index (χ4v) is 1.81. The van der Waals surface area contributed by atoms with Crippen molar-refractivity contribution in [2.24, 2.45) is 10.9 Å². The van der Waals surface area contributed by atoms with Gasteiger partial charge in [-0.25, -0.2) is 0 Å². The summed E-state index contributed by atoms with van der Waals surface area (Å²) in [5, 5.41) is 6.41. The summed E-state index contributed by atoms with van der Waals surface area (Å²) < 4.78 is 10.4. The van der Waals surface area contributed by atoms with Gasteiger partial charge in [0.2, 0.25) is 0 Å². The van der Waals surface area contributed by atoms with Gasteiger partial charge in [0.25, 0.3) is 0 Å². The molecule has 130 valence electrons. The van der Waals surface area contributed by atoms with Crippen LogP contribution in [0.25, 0.3) is 0 Å². The number of aliphatic imine (C=N–C) groups is 1. The number of nitrogens with one attached hydrogen (secondary N) is 2. The minimum atomic E-state index is -0.143. The summed E-state index contributed by atoms with van der Waals surface area (Å²) in [6.45, 7) is 5.51. The van der Waals surface area contributed by atoms with E-state index in [2.05, 4.69) is 15.6 Å². The Hall–Kier alpha value is -0.570. The van der Waals surface area contributed by atoms with Crippen LogP contribution in [0.2, 0.25) is 0 Å². The third-order valence-corrected chi connectivity index (χ3v) is 3.19. The van der Waals surface area contributed by atoms with E-state index in [0.29, 0.717) is 19.6 Å². The first-order chi connectivity index (χ1) is 10.3. The molecule has 1 rings (SSSR count). The summed E-state index contributed by atoms with van der Waals surface area (Å²) in [7, 11) is 1.74. The standard InChI is InChI=1S/C15H29N3O3.HI/c1-3-21-14(19)6-4-9-17-15(16-2)18-10-5-11-20-12-13-7-8-13;/h13H,3-12H2,1-2H3,(H2,16,17,18);1H. The Bertz CT molecular complexity index is 323. The van der Waals surface area contributed by atoms with Crippen LogP contribution in [0.1, 0.15) is 39.0 Å². The van der Waals surface area contributed by atoms with Gasteiger partial charge in [0.05, 0.1) is 6.61 Å². The predicted molar refractivity (Wildman–Crippen MR) is 98.8 cm³/mol. The average molecular weight is 427 g/mol. The third-order valence-electron chi connectivity index (χ3n) is 3.19. The highest BCUT2D eigenvalue weighted by atomic mass is 127. The lowest BCUT2D eigenvalue weighted by molar-refractivity contribution is -0.143. The maximum absolute atomic E-state index is 11.2. The summed E-state index contributed by atoms with van der Waals surface area (Å²) in [5.41, 5.74) is 0. The van der Waals surface area contributed by atoms with Crippen LogP contribution in [0.15, 0.2) is 4.99 Å². The normalized spacial score (nSPS) is 14.2. The number of carbonyl (C=O) groups excluding carboxylic acids is 1. The molecule has 0 aromatic rings. The molecule has 1 fully saturated rings. The Morgan fingerprint density at radius 1 is 1.23 bits per heavy atom. The molecule has 0 spiro atoms. The van der Waals surface area contributed by atoms with E-state index in [1.54, 1.807) is 7.05 Å². The summed E-state index contributed by atoms with van der Waals surface area (Å²) in [6.07, 6.45) is 4.81. The van der Waals surface area contributed by atoms with E-state index in [4.69, 9.17) is 9.47 Å². The molecule has 0 unspecified atom stereocenters. The van der Waals surface area contributed by atoms with Crippen molar-refractivity contribution in [1.82, 2.24) is 10.6 Å². The molecule has 1 aliphatic rings. The largest absolute Gasteiger partial charge is 0.466 e. The highest BCUT2D eigenvalue weighted by Gasteiger charge is 2.20. The number of carbonyl (C=O) groups is 1. The lowest BCUT2D eigenvalue weighted by Gasteiger charge is -2.11. The minimum Gasteiger partial charge on any atom is -0.466 e. The molecule has 6 nitrogen and oxygen atoms in total. The number of nitrogens with zero attached hydrogens (tertiary/aromatic N) is 1. The van der Waals surface area contributed by atoms with Crippen molar-refractivity contribution >= 4 is 35.9 Å². The zero-order valence-corrected chi connectivity index (χ0v) is 16.1. The SMILES string of the molecule is CCOC(=O)CCCNC(=NC)NCCCOCC1CC1.I. The molecule has 0 aliphatic heterocycles. The minimum absolute atomic E-state index is 0. The van der Waals surface area contributed by atoms with Crippen LogP contribution in [-0.4, -0.2) is 51.9 Å². The number of esters is 1. The molecule has 1 aliphatic carbocycles. The Labute approximate surface area is 150 Å². The molecule has 1 saturated carbocycles. The second-order valence-electron chi connectivity index (χ2n) is 5.21. The van der Waals surface area contributed by atoms with Crippen LogP contribution in [-0.2, 0) is 14.3 Å². The van der Waals surface area contributed by atoms with Gasteiger partial charge in [0.1, 0.15) is 0 Å². The summed E-state index contributed by atoms with van der Waals surface area (Å²) >= 11 is 0. The lowest BCUT2D eigenvalue weighted by Crippen LogP contribution is -2.38. The maximum atomic E-state index is 11.2. The second kappa shape index (κ2) is 14.0. The molecule has 0 bridgehead atoms. The van der Waals surface area contributed by atoms with E-state index >= 15 is 0 Å². The molecule has 0 aromatic heterocycles. The molecular formula is C15H30IN3O3. The second-order valence-corrected chi connectivity index (χ2v) is 5.21. The van der Waals surface area contributed by atoms with Crippen molar-refractivity contribution in [3.63, 3.8) is 0 Å². The lowest BCUT2D eigenvalue weighted by atomic mass is 10.3. The van der Waals surface area contributed by atoms with Gasteiger partial charge in [-0.3, -0.25) is 9.79 Å². The average Bonchev–Trinajstić information content (AvgIpc) is 3.29. The van der Waals surface area contributed by atoms with Gasteiger partial charge < -0.3 is 20.1 Å². The van der Waals surface area contributed by atoms with Gasteiger partial charge in [0, 0.05) is 39.8 Å². The summed E-state index contributed by atoms with van der Waals surface area (Å²) in [4.78, 5) is 15.3. The topological polar surface area (TPSA) is 72.0 Å². The highest BCUT2D eigenvalue weighted by molar-refractivity contribution is 14.0. The zero-order valence-electron chi connectivity index (χ0n) is 13.7. The van der Waals surface area contributed by atoms with E-state index in [1.165, 1.54) is 12.8 Å². The quantitative estimate of drug-likeness (QED) is 0.173.